The summed E-state index contributed by atoms with van der Waals surface area (Å²) in [6.45, 7) is 1.57. The molecule has 2 aromatic carbocycles. The second kappa shape index (κ2) is 6.11. The summed E-state index contributed by atoms with van der Waals surface area (Å²) >= 11 is 0. The number of benzene rings is 2. The standard InChI is InChI=1S/C17H14N2O5/c1-10-8-12(2-6-15(10)19(22)23)17(21)24-13-4-5-14-11(9-13)3-7-16(20)18-14/h2,4-6,8-9H,3,7H2,1H3,(H,18,20). The molecule has 3 rings (SSSR count). The SMILES string of the molecule is Cc1cc(C(=O)Oc2ccc3c(c2)CCC(=O)N3)ccc1[N+](=O)[O-]. The molecule has 0 unspecified atom stereocenters. The molecule has 122 valence electrons. The Kier molecular flexibility index (Phi) is 3.99. The molecule has 0 aliphatic carbocycles. The smallest absolute Gasteiger partial charge is 0.343 e. The van der Waals surface area contributed by atoms with Crippen molar-refractivity contribution in [3.63, 3.8) is 0 Å². The van der Waals surface area contributed by atoms with E-state index >= 15 is 0 Å². The molecule has 1 heterocycles. The van der Waals surface area contributed by atoms with Crippen LogP contribution in [0.3, 0.4) is 0 Å². The van der Waals surface area contributed by atoms with Gasteiger partial charge in [-0.1, -0.05) is 0 Å². The van der Waals surface area contributed by atoms with Gasteiger partial charge in [0.15, 0.2) is 0 Å². The molecule has 0 radical (unpaired) electrons. The highest BCUT2D eigenvalue weighted by atomic mass is 16.6. The third kappa shape index (κ3) is 3.10. The number of hydrogen-bond donors (Lipinski definition) is 1. The van der Waals surface area contributed by atoms with Gasteiger partial charge in [0, 0.05) is 23.7 Å². The molecule has 1 aliphatic rings. The number of anilines is 1. The van der Waals surface area contributed by atoms with Crippen molar-refractivity contribution in [2.45, 2.75) is 19.8 Å². The Hall–Kier alpha value is -3.22. The molecule has 24 heavy (non-hydrogen) atoms. The van der Waals surface area contributed by atoms with Crippen LogP contribution in [0.25, 0.3) is 0 Å². The van der Waals surface area contributed by atoms with Gasteiger partial charge >= 0.3 is 5.97 Å². The largest absolute Gasteiger partial charge is 0.423 e. The Morgan fingerprint density at radius 2 is 2.00 bits per heavy atom. The third-order valence-electron chi connectivity index (χ3n) is 3.81. The molecule has 0 bridgehead atoms. The first-order chi connectivity index (χ1) is 11.4. The molecule has 0 aromatic heterocycles. The van der Waals surface area contributed by atoms with E-state index < -0.39 is 10.9 Å². The van der Waals surface area contributed by atoms with E-state index in [2.05, 4.69) is 5.32 Å². The summed E-state index contributed by atoms with van der Waals surface area (Å²) in [5.41, 5.74) is 2.21. The maximum atomic E-state index is 12.2. The molecule has 2 aromatic rings. The monoisotopic (exact) mass is 326 g/mol. The number of nitro groups is 1. The van der Waals surface area contributed by atoms with E-state index in [1.54, 1.807) is 25.1 Å². The number of carbonyl (C=O) groups is 2. The fraction of sp³-hybridized carbons (Fsp3) is 0.176. The van der Waals surface area contributed by atoms with Gasteiger partial charge in [-0.3, -0.25) is 14.9 Å². The zero-order valence-corrected chi connectivity index (χ0v) is 12.9. The predicted molar refractivity (Wildman–Crippen MR) is 86.2 cm³/mol. The summed E-state index contributed by atoms with van der Waals surface area (Å²) < 4.78 is 5.33. The van der Waals surface area contributed by atoms with E-state index in [0.717, 1.165) is 11.3 Å². The minimum atomic E-state index is -0.590. The van der Waals surface area contributed by atoms with Crippen LogP contribution in [0.2, 0.25) is 0 Å². The Morgan fingerprint density at radius 3 is 2.71 bits per heavy atom. The van der Waals surface area contributed by atoms with Crippen LogP contribution in [-0.4, -0.2) is 16.8 Å². The lowest BCUT2D eigenvalue weighted by molar-refractivity contribution is -0.385. The molecule has 1 aliphatic heterocycles. The van der Waals surface area contributed by atoms with Crippen LogP contribution in [0.4, 0.5) is 11.4 Å². The maximum absolute atomic E-state index is 12.2. The van der Waals surface area contributed by atoms with Crippen molar-refractivity contribution < 1.29 is 19.2 Å². The lowest BCUT2D eigenvalue weighted by Crippen LogP contribution is -2.19. The summed E-state index contributed by atoms with van der Waals surface area (Å²) in [5.74, 6) is -0.257. The highest BCUT2D eigenvalue weighted by molar-refractivity contribution is 5.94. The van der Waals surface area contributed by atoms with Crippen LogP contribution in [0, 0.1) is 17.0 Å². The van der Waals surface area contributed by atoms with Gasteiger partial charge in [-0.15, -0.1) is 0 Å². The van der Waals surface area contributed by atoms with E-state index in [1.165, 1.54) is 18.2 Å². The lowest BCUT2D eigenvalue weighted by Gasteiger charge is -2.17. The summed E-state index contributed by atoms with van der Waals surface area (Å²) in [6.07, 6.45) is 0.981. The van der Waals surface area contributed by atoms with Gasteiger partial charge in [0.05, 0.1) is 10.5 Å². The first-order valence-corrected chi connectivity index (χ1v) is 7.34. The molecule has 1 amide bonds. The fourth-order valence-corrected chi connectivity index (χ4v) is 2.58. The normalized spacial score (nSPS) is 13.0. The number of amides is 1. The molecule has 1 N–H and O–H groups in total. The number of hydrogen-bond acceptors (Lipinski definition) is 5. The average molecular weight is 326 g/mol. The molecule has 0 atom stereocenters. The predicted octanol–water partition coefficient (Wildman–Crippen LogP) is 3.01. The summed E-state index contributed by atoms with van der Waals surface area (Å²) in [5, 5.41) is 13.6. The van der Waals surface area contributed by atoms with E-state index in [0.29, 0.717) is 24.2 Å². The third-order valence-corrected chi connectivity index (χ3v) is 3.81. The summed E-state index contributed by atoms with van der Waals surface area (Å²) in [6, 6.07) is 9.08. The van der Waals surface area contributed by atoms with Gasteiger partial charge in [-0.2, -0.15) is 0 Å². The number of ether oxygens (including phenoxy) is 1. The zero-order valence-electron chi connectivity index (χ0n) is 12.9. The zero-order chi connectivity index (χ0) is 17.3. The first kappa shape index (κ1) is 15.7. The molecular formula is C17H14N2O5. The Balaban J connectivity index is 1.79. The molecule has 0 fully saturated rings. The van der Waals surface area contributed by atoms with Crippen LogP contribution >= 0.6 is 0 Å². The number of esters is 1. The number of carbonyl (C=O) groups excluding carboxylic acids is 2. The molecule has 0 spiro atoms. The molecular weight excluding hydrogens is 312 g/mol. The number of nitrogens with zero attached hydrogens (tertiary/aromatic N) is 1. The van der Waals surface area contributed by atoms with Crippen molar-refractivity contribution in [1.82, 2.24) is 0 Å². The van der Waals surface area contributed by atoms with Crippen LogP contribution < -0.4 is 10.1 Å². The van der Waals surface area contributed by atoms with Crippen molar-refractivity contribution in [2.24, 2.45) is 0 Å². The van der Waals surface area contributed by atoms with Crippen LogP contribution in [0.15, 0.2) is 36.4 Å². The van der Waals surface area contributed by atoms with Crippen molar-refractivity contribution >= 4 is 23.3 Å². The Bertz CT molecular complexity index is 860. The molecule has 7 heteroatoms. The van der Waals surface area contributed by atoms with E-state index in [1.807, 2.05) is 0 Å². The van der Waals surface area contributed by atoms with Crippen molar-refractivity contribution in [3.8, 4) is 5.75 Å². The minimum Gasteiger partial charge on any atom is -0.423 e. The van der Waals surface area contributed by atoms with Crippen LogP contribution in [0.5, 0.6) is 5.75 Å². The second-order valence-corrected chi connectivity index (χ2v) is 5.52. The van der Waals surface area contributed by atoms with Gasteiger partial charge in [0.2, 0.25) is 5.91 Å². The second-order valence-electron chi connectivity index (χ2n) is 5.52. The molecule has 0 saturated carbocycles. The van der Waals surface area contributed by atoms with Gasteiger partial charge in [0.1, 0.15) is 5.75 Å². The maximum Gasteiger partial charge on any atom is 0.343 e. The Morgan fingerprint density at radius 1 is 1.21 bits per heavy atom. The number of fused-ring (bicyclic) bond motifs is 1. The van der Waals surface area contributed by atoms with Crippen molar-refractivity contribution in [3.05, 3.63) is 63.2 Å². The highest BCUT2D eigenvalue weighted by Gasteiger charge is 2.18. The van der Waals surface area contributed by atoms with Gasteiger partial charge in [-0.25, -0.2) is 4.79 Å². The van der Waals surface area contributed by atoms with E-state index in [-0.39, 0.29) is 17.2 Å². The van der Waals surface area contributed by atoms with E-state index in [4.69, 9.17) is 4.74 Å². The van der Waals surface area contributed by atoms with Crippen molar-refractivity contribution in [1.29, 1.82) is 0 Å². The summed E-state index contributed by atoms with van der Waals surface area (Å²) in [7, 11) is 0. The molecule has 7 nitrogen and oxygen atoms in total. The van der Waals surface area contributed by atoms with E-state index in [9.17, 15) is 19.7 Å². The van der Waals surface area contributed by atoms with Gasteiger partial charge < -0.3 is 10.1 Å². The van der Waals surface area contributed by atoms with Crippen LogP contribution in [-0.2, 0) is 11.2 Å². The van der Waals surface area contributed by atoms with Crippen LogP contribution in [0.1, 0.15) is 27.9 Å². The number of nitrogens with one attached hydrogen (secondary N) is 1. The minimum absolute atomic E-state index is 0.0337. The average Bonchev–Trinajstić information content (AvgIpc) is 2.54. The highest BCUT2D eigenvalue weighted by Crippen LogP contribution is 2.27. The fourth-order valence-electron chi connectivity index (χ4n) is 2.58. The quantitative estimate of drug-likeness (QED) is 0.404. The first-order valence-electron chi connectivity index (χ1n) is 7.34. The molecule has 0 saturated heterocycles. The topological polar surface area (TPSA) is 98.5 Å². The number of nitro benzene ring substituents is 1. The van der Waals surface area contributed by atoms with Crippen molar-refractivity contribution in [2.75, 3.05) is 5.32 Å². The number of aryl methyl sites for hydroxylation is 2. The van der Waals surface area contributed by atoms with Gasteiger partial charge in [0.25, 0.3) is 5.69 Å². The number of rotatable bonds is 3. The summed E-state index contributed by atoms with van der Waals surface area (Å²) in [4.78, 5) is 33.9. The Labute approximate surface area is 137 Å². The van der Waals surface area contributed by atoms with Gasteiger partial charge in [-0.05, 0) is 49.2 Å². The lowest BCUT2D eigenvalue weighted by atomic mass is 10.0.